The second kappa shape index (κ2) is 7.71. The molecular formula is C17H27N9. The van der Waals surface area contributed by atoms with Crippen LogP contribution in [0.15, 0.2) is 34.4 Å². The number of benzene rings is 1. The molecule has 0 amide bonds. The summed E-state index contributed by atoms with van der Waals surface area (Å²) in [5, 5.41) is 18.1. The average molecular weight is 357 g/mol. The van der Waals surface area contributed by atoms with Gasteiger partial charge in [-0.2, -0.15) is 10.1 Å². The molecule has 0 bridgehead atoms. The van der Waals surface area contributed by atoms with Gasteiger partial charge in [-0.05, 0) is 45.9 Å². The lowest BCUT2D eigenvalue weighted by Gasteiger charge is -2.35. The molecule has 2 aromatic rings. The molecule has 1 aromatic carbocycles. The first-order valence-corrected chi connectivity index (χ1v) is 8.82. The van der Waals surface area contributed by atoms with E-state index in [1.165, 1.54) is 0 Å². The minimum atomic E-state index is -0.294. The van der Waals surface area contributed by atoms with E-state index in [1.807, 2.05) is 23.1 Å². The van der Waals surface area contributed by atoms with Crippen molar-refractivity contribution in [2.24, 2.45) is 15.7 Å². The predicted octanol–water partition coefficient (Wildman–Crippen LogP) is 1.20. The summed E-state index contributed by atoms with van der Waals surface area (Å²) in [5.41, 5.74) is 7.85. The maximum Gasteiger partial charge on any atom is 0.224 e. The van der Waals surface area contributed by atoms with E-state index in [0.717, 1.165) is 16.6 Å². The molecule has 1 unspecified atom stereocenters. The van der Waals surface area contributed by atoms with E-state index in [0.29, 0.717) is 11.9 Å². The molecule has 0 spiro atoms. The maximum atomic E-state index is 5.99. The van der Waals surface area contributed by atoms with Crippen LogP contribution in [0.25, 0.3) is 10.9 Å². The number of guanidine groups is 2. The Hall–Kier alpha value is -2.65. The predicted molar refractivity (Wildman–Crippen MR) is 106 cm³/mol. The monoisotopic (exact) mass is 357 g/mol. The summed E-state index contributed by atoms with van der Waals surface area (Å²) in [7, 11) is 0. The third-order valence-electron chi connectivity index (χ3n) is 3.82. The number of aromatic amines is 1. The molecule has 2 heterocycles. The van der Waals surface area contributed by atoms with Gasteiger partial charge in [0.05, 0.1) is 18.4 Å². The van der Waals surface area contributed by atoms with Crippen molar-refractivity contribution in [3.8, 4) is 0 Å². The molecule has 9 nitrogen and oxygen atoms in total. The third-order valence-corrected chi connectivity index (χ3v) is 3.82. The van der Waals surface area contributed by atoms with Gasteiger partial charge in [0.15, 0.2) is 6.29 Å². The van der Waals surface area contributed by atoms with Gasteiger partial charge in [0.2, 0.25) is 11.9 Å². The van der Waals surface area contributed by atoms with Crippen LogP contribution in [0.4, 0.5) is 5.69 Å². The van der Waals surface area contributed by atoms with E-state index >= 15 is 0 Å². The molecule has 6 N–H and O–H groups in total. The Kier molecular flexibility index (Phi) is 5.38. The van der Waals surface area contributed by atoms with Crippen LogP contribution in [0.3, 0.4) is 0 Å². The lowest BCUT2D eigenvalue weighted by Crippen LogP contribution is -2.57. The minimum absolute atomic E-state index is 0.226. The molecule has 0 saturated carbocycles. The smallest absolute Gasteiger partial charge is 0.224 e. The highest BCUT2D eigenvalue weighted by molar-refractivity contribution is 6.04. The van der Waals surface area contributed by atoms with Gasteiger partial charge in [0, 0.05) is 23.2 Å². The molecule has 0 saturated heterocycles. The van der Waals surface area contributed by atoms with Gasteiger partial charge in [-0.3, -0.25) is 15.3 Å². The van der Waals surface area contributed by atoms with E-state index in [1.54, 1.807) is 6.20 Å². The Morgan fingerprint density at radius 3 is 2.73 bits per heavy atom. The summed E-state index contributed by atoms with van der Waals surface area (Å²) >= 11 is 0. The fourth-order valence-electron chi connectivity index (χ4n) is 2.68. The Bertz CT molecular complexity index is 805. The van der Waals surface area contributed by atoms with Crippen LogP contribution >= 0.6 is 0 Å². The Balaban J connectivity index is 1.89. The number of aromatic nitrogens is 2. The van der Waals surface area contributed by atoms with Crippen LogP contribution in [0, 0.1) is 0 Å². The number of fused-ring (bicyclic) bond motifs is 1. The summed E-state index contributed by atoms with van der Waals surface area (Å²) in [4.78, 5) is 11.2. The minimum Gasteiger partial charge on any atom is -0.352 e. The zero-order chi connectivity index (χ0) is 18.7. The van der Waals surface area contributed by atoms with Crippen LogP contribution in [-0.4, -0.2) is 52.1 Å². The van der Waals surface area contributed by atoms with Gasteiger partial charge >= 0.3 is 0 Å². The Morgan fingerprint density at radius 2 is 2.04 bits per heavy atom. The van der Waals surface area contributed by atoms with Gasteiger partial charge in [-0.15, -0.1) is 0 Å². The van der Waals surface area contributed by atoms with Crippen molar-refractivity contribution in [3.05, 3.63) is 24.4 Å². The molecule has 9 heteroatoms. The number of hydrogen-bond acceptors (Lipinski definition) is 8. The van der Waals surface area contributed by atoms with Crippen molar-refractivity contribution in [2.75, 3.05) is 12.0 Å². The van der Waals surface area contributed by atoms with Gasteiger partial charge < -0.3 is 16.4 Å². The fraction of sp³-hybridized carbons (Fsp3) is 0.471. The Labute approximate surface area is 153 Å². The van der Waals surface area contributed by atoms with Gasteiger partial charge in [-0.25, -0.2) is 4.99 Å². The summed E-state index contributed by atoms with van der Waals surface area (Å²) in [6.07, 6.45) is 1.50. The highest BCUT2D eigenvalue weighted by Gasteiger charge is 2.26. The van der Waals surface area contributed by atoms with Crippen molar-refractivity contribution in [2.45, 2.75) is 46.1 Å². The Morgan fingerprint density at radius 1 is 1.23 bits per heavy atom. The standard InChI is InChI=1S/C17H27N9/c1-10(2)20-15-23-16(21-11(3)4)26(9-18)17(24-15)22-13-6-5-12-8-19-25-14(12)7-13/h5-8,10-11,16,21H,9,18H2,1-4H3,(H,19,25)(H2,20,22,23,24). The summed E-state index contributed by atoms with van der Waals surface area (Å²) in [6.45, 7) is 8.53. The van der Waals surface area contributed by atoms with Crippen molar-refractivity contribution < 1.29 is 0 Å². The van der Waals surface area contributed by atoms with E-state index in [-0.39, 0.29) is 25.0 Å². The SMILES string of the molecule is CC(C)NC1=NC(NC(C)C)N(CN)C(Nc2ccc3cn[nH]c3c2)=N1. The van der Waals surface area contributed by atoms with Crippen LogP contribution in [0.5, 0.6) is 0 Å². The van der Waals surface area contributed by atoms with Crippen LogP contribution in [0.1, 0.15) is 27.7 Å². The van der Waals surface area contributed by atoms with Crippen molar-refractivity contribution in [3.63, 3.8) is 0 Å². The molecular weight excluding hydrogens is 330 g/mol. The number of nitrogens with zero attached hydrogens (tertiary/aromatic N) is 4. The number of rotatable bonds is 5. The number of anilines is 1. The molecule has 1 aromatic heterocycles. The second-order valence-corrected chi connectivity index (χ2v) is 6.83. The number of nitrogens with one attached hydrogen (secondary N) is 4. The first-order chi connectivity index (χ1) is 12.5. The third kappa shape index (κ3) is 4.12. The van der Waals surface area contributed by atoms with E-state index in [2.05, 4.69) is 63.8 Å². The van der Waals surface area contributed by atoms with Crippen LogP contribution in [0.2, 0.25) is 0 Å². The van der Waals surface area contributed by atoms with E-state index in [4.69, 9.17) is 5.73 Å². The topological polar surface area (TPSA) is 119 Å². The van der Waals surface area contributed by atoms with Crippen molar-refractivity contribution in [1.29, 1.82) is 0 Å². The highest BCUT2D eigenvalue weighted by Crippen LogP contribution is 2.18. The largest absolute Gasteiger partial charge is 0.352 e. The molecule has 140 valence electrons. The zero-order valence-electron chi connectivity index (χ0n) is 15.6. The quantitative estimate of drug-likeness (QED) is 0.549. The molecule has 0 fully saturated rings. The number of nitrogens with two attached hydrogens (primary N) is 1. The van der Waals surface area contributed by atoms with Crippen molar-refractivity contribution >= 4 is 28.5 Å². The van der Waals surface area contributed by atoms with E-state index in [9.17, 15) is 0 Å². The summed E-state index contributed by atoms with van der Waals surface area (Å²) in [5.74, 6) is 1.22. The first kappa shape index (κ1) is 18.2. The lowest BCUT2D eigenvalue weighted by molar-refractivity contribution is 0.255. The summed E-state index contributed by atoms with van der Waals surface area (Å²) in [6, 6.07) is 6.46. The molecule has 1 aliphatic rings. The molecule has 0 radical (unpaired) electrons. The molecule has 1 atom stereocenters. The van der Waals surface area contributed by atoms with Gasteiger partial charge in [-0.1, -0.05) is 0 Å². The van der Waals surface area contributed by atoms with Crippen LogP contribution < -0.4 is 21.7 Å². The normalized spacial score (nSPS) is 17.7. The molecule has 26 heavy (non-hydrogen) atoms. The van der Waals surface area contributed by atoms with E-state index < -0.39 is 0 Å². The molecule has 3 rings (SSSR count). The first-order valence-electron chi connectivity index (χ1n) is 8.82. The maximum absolute atomic E-state index is 5.99. The number of hydrogen-bond donors (Lipinski definition) is 5. The number of aliphatic imine (C=N–C) groups is 2. The number of H-pyrrole nitrogens is 1. The molecule has 1 aliphatic heterocycles. The average Bonchev–Trinajstić information content (AvgIpc) is 3.01. The molecule has 0 aliphatic carbocycles. The zero-order valence-corrected chi connectivity index (χ0v) is 15.6. The second-order valence-electron chi connectivity index (χ2n) is 6.83. The summed E-state index contributed by atoms with van der Waals surface area (Å²) < 4.78 is 0. The van der Waals surface area contributed by atoms with Gasteiger partial charge in [0.1, 0.15) is 0 Å². The fourth-order valence-corrected chi connectivity index (χ4v) is 2.68. The highest BCUT2D eigenvalue weighted by atomic mass is 15.5. The van der Waals surface area contributed by atoms with Gasteiger partial charge in [0.25, 0.3) is 0 Å². The lowest BCUT2D eigenvalue weighted by atomic mass is 10.2. The van der Waals surface area contributed by atoms with Crippen LogP contribution in [-0.2, 0) is 0 Å². The van der Waals surface area contributed by atoms with Crippen molar-refractivity contribution in [1.82, 2.24) is 25.7 Å².